The first-order chi connectivity index (χ1) is 21.1. The zero-order chi connectivity index (χ0) is 31.6. The van der Waals surface area contributed by atoms with Crippen LogP contribution >= 0.6 is 0 Å². The van der Waals surface area contributed by atoms with Crippen LogP contribution in [0.15, 0.2) is 54.7 Å². The Morgan fingerprint density at radius 3 is 2.11 bits per heavy atom. The number of nitrogens with zero attached hydrogens (tertiary/aromatic N) is 1. The Bertz CT molecular complexity index is 1440. The van der Waals surface area contributed by atoms with Gasteiger partial charge in [0.05, 0.1) is 12.0 Å². The monoisotopic (exact) mass is 629 g/mol. The molecule has 10 nitrogen and oxygen atoms in total. The standard InChI is InChI=1S/C33H42FN5O5.Na/c1-21(2)17-27(38-33(44)39-15-7-3-4-8-16-39)30(40)36-28(18-22-11-13-24(34)14-12-22)31(41)37-29(32(42)43)19-23-20-35-26-10-6-5-9-25(23)26;/h5-6,9-14,20-21,27-29,35H,3-4,7-8,15-19H2,1-2H3,(H,36,40)(H,37,41)(H,38,44)(H,42,43);/q;+1/p-1/t27-,28+,29+;/m0./s1. The molecule has 0 unspecified atom stereocenters. The number of aromatic nitrogens is 1. The van der Waals surface area contributed by atoms with Gasteiger partial charge in [0.1, 0.15) is 17.9 Å². The van der Waals surface area contributed by atoms with E-state index in [1.807, 2.05) is 38.1 Å². The number of aliphatic carboxylic acids is 1. The quantitative estimate of drug-likeness (QED) is 0.205. The molecular weight excluding hydrogens is 588 g/mol. The van der Waals surface area contributed by atoms with Gasteiger partial charge in [-0.3, -0.25) is 9.59 Å². The topological polar surface area (TPSA) is 146 Å². The van der Waals surface area contributed by atoms with Crippen molar-refractivity contribution in [1.29, 1.82) is 0 Å². The number of hydrogen-bond donors (Lipinski definition) is 4. The molecule has 0 radical (unpaired) electrons. The van der Waals surface area contributed by atoms with Gasteiger partial charge in [-0.25, -0.2) is 9.18 Å². The van der Waals surface area contributed by atoms with Crippen molar-refractivity contribution in [2.24, 2.45) is 5.92 Å². The van der Waals surface area contributed by atoms with Crippen LogP contribution in [0, 0.1) is 11.7 Å². The molecule has 1 aliphatic heterocycles. The summed E-state index contributed by atoms with van der Waals surface area (Å²) in [7, 11) is 0. The first kappa shape index (κ1) is 36.1. The minimum absolute atomic E-state index is 0. The van der Waals surface area contributed by atoms with Gasteiger partial charge in [0.25, 0.3) is 0 Å². The molecule has 1 fully saturated rings. The predicted octanol–water partition coefficient (Wildman–Crippen LogP) is -0.184. The van der Waals surface area contributed by atoms with Gasteiger partial charge in [-0.05, 0) is 54.5 Å². The van der Waals surface area contributed by atoms with Gasteiger partial charge in [-0.15, -0.1) is 0 Å². The maximum atomic E-state index is 13.6. The summed E-state index contributed by atoms with van der Waals surface area (Å²) < 4.78 is 13.6. The average molecular weight is 630 g/mol. The van der Waals surface area contributed by atoms with E-state index in [4.69, 9.17) is 0 Å². The maximum Gasteiger partial charge on any atom is 1.00 e. The van der Waals surface area contributed by atoms with Crippen molar-refractivity contribution in [3.8, 4) is 0 Å². The molecule has 0 bridgehead atoms. The molecule has 4 N–H and O–H groups in total. The van der Waals surface area contributed by atoms with Gasteiger partial charge in [0.15, 0.2) is 0 Å². The van der Waals surface area contributed by atoms with Gasteiger partial charge in [-0.1, -0.05) is 57.0 Å². The Morgan fingerprint density at radius 2 is 1.47 bits per heavy atom. The van der Waals surface area contributed by atoms with Crippen molar-refractivity contribution in [2.75, 3.05) is 13.1 Å². The van der Waals surface area contributed by atoms with Crippen LogP contribution in [0.1, 0.15) is 57.1 Å². The molecule has 2 heterocycles. The fourth-order valence-electron chi connectivity index (χ4n) is 5.54. The van der Waals surface area contributed by atoms with E-state index in [1.54, 1.807) is 11.1 Å². The molecule has 1 saturated heterocycles. The molecule has 12 heteroatoms. The Balaban J connectivity index is 0.00000552. The van der Waals surface area contributed by atoms with E-state index >= 15 is 0 Å². The molecule has 3 aromatic rings. The number of aromatic amines is 1. The van der Waals surface area contributed by atoms with E-state index in [9.17, 15) is 28.7 Å². The summed E-state index contributed by atoms with van der Waals surface area (Å²) in [6.45, 7) is 5.07. The molecule has 4 amide bonds. The summed E-state index contributed by atoms with van der Waals surface area (Å²) in [5, 5.41) is 21.1. The van der Waals surface area contributed by atoms with E-state index < -0.39 is 41.7 Å². The summed E-state index contributed by atoms with van der Waals surface area (Å²) in [4.78, 5) is 57.3. The van der Waals surface area contributed by atoms with E-state index in [1.165, 1.54) is 24.3 Å². The number of carbonyl (C=O) groups excluding carboxylic acids is 4. The van der Waals surface area contributed by atoms with Crippen molar-refractivity contribution in [3.05, 3.63) is 71.7 Å². The number of rotatable bonds is 12. The SMILES string of the molecule is CC(C)C[C@H](NC(=O)N1CCCCCC1)C(=O)N[C@H](Cc1ccc(F)cc1)C(=O)N[C@H](Cc1c[nH]c2ccccc12)C(=O)[O-].[Na+]. The van der Waals surface area contributed by atoms with E-state index in [0.717, 1.165) is 36.6 Å². The molecule has 1 aromatic heterocycles. The van der Waals surface area contributed by atoms with Crippen LogP contribution in [0.4, 0.5) is 9.18 Å². The molecular formula is C33H41FN5NaO5. The Labute approximate surface area is 285 Å². The third-order valence-electron chi connectivity index (χ3n) is 7.90. The number of fused-ring (bicyclic) bond motifs is 1. The van der Waals surface area contributed by atoms with Crippen LogP contribution < -0.4 is 50.6 Å². The zero-order valence-corrected chi connectivity index (χ0v) is 28.2. The Kier molecular flexibility index (Phi) is 13.9. The summed E-state index contributed by atoms with van der Waals surface area (Å²) in [5.41, 5.74) is 2.07. The van der Waals surface area contributed by atoms with Crippen LogP contribution in [0.3, 0.4) is 0 Å². The number of amides is 4. The molecule has 0 saturated carbocycles. The minimum atomic E-state index is -1.47. The summed E-state index contributed by atoms with van der Waals surface area (Å²) in [6, 6.07) is 9.04. The molecule has 45 heavy (non-hydrogen) atoms. The zero-order valence-electron chi connectivity index (χ0n) is 26.2. The van der Waals surface area contributed by atoms with Gasteiger partial charge < -0.3 is 35.7 Å². The van der Waals surface area contributed by atoms with Gasteiger partial charge in [0.2, 0.25) is 11.8 Å². The van der Waals surface area contributed by atoms with Crippen LogP contribution in [-0.2, 0) is 27.2 Å². The number of carbonyl (C=O) groups is 4. The molecule has 0 aliphatic carbocycles. The number of halogens is 1. The molecule has 236 valence electrons. The second kappa shape index (κ2) is 17.3. The van der Waals surface area contributed by atoms with Crippen molar-refractivity contribution in [3.63, 3.8) is 0 Å². The minimum Gasteiger partial charge on any atom is -0.548 e. The average Bonchev–Trinajstić information content (AvgIpc) is 3.19. The van der Waals surface area contributed by atoms with Crippen molar-refractivity contribution >= 4 is 34.7 Å². The largest absolute Gasteiger partial charge is 1.00 e. The van der Waals surface area contributed by atoms with Crippen molar-refractivity contribution in [2.45, 2.75) is 76.9 Å². The molecule has 2 aromatic carbocycles. The maximum absolute atomic E-state index is 13.6. The fourth-order valence-corrected chi connectivity index (χ4v) is 5.54. The first-order valence-corrected chi connectivity index (χ1v) is 15.3. The number of carboxylic acids is 1. The number of benzene rings is 2. The molecule has 0 spiro atoms. The summed E-state index contributed by atoms with van der Waals surface area (Å²) in [6.07, 6.45) is 5.84. The first-order valence-electron chi connectivity index (χ1n) is 15.3. The van der Waals surface area contributed by atoms with Crippen molar-refractivity contribution in [1.82, 2.24) is 25.8 Å². The van der Waals surface area contributed by atoms with Gasteiger partial charge in [0, 0.05) is 43.0 Å². The number of urea groups is 1. The number of para-hydroxylation sites is 1. The van der Waals surface area contributed by atoms with Crippen LogP contribution in [0.5, 0.6) is 0 Å². The van der Waals surface area contributed by atoms with Crippen molar-refractivity contribution < 1.29 is 58.2 Å². The molecule has 4 rings (SSSR count). The Morgan fingerprint density at radius 1 is 0.844 bits per heavy atom. The molecule has 3 atom stereocenters. The summed E-state index contributed by atoms with van der Waals surface area (Å²) in [5.74, 6) is -3.18. The second-order valence-electron chi connectivity index (χ2n) is 11.9. The summed E-state index contributed by atoms with van der Waals surface area (Å²) >= 11 is 0. The van der Waals surface area contributed by atoms with Crippen LogP contribution in [0.25, 0.3) is 10.9 Å². The smallest absolute Gasteiger partial charge is 0.548 e. The number of likely N-dealkylation sites (tertiary alicyclic amines) is 1. The molecule has 1 aliphatic rings. The third-order valence-corrected chi connectivity index (χ3v) is 7.90. The predicted molar refractivity (Wildman–Crippen MR) is 163 cm³/mol. The number of hydrogen-bond acceptors (Lipinski definition) is 5. The van der Waals surface area contributed by atoms with Gasteiger partial charge in [-0.2, -0.15) is 0 Å². The second-order valence-corrected chi connectivity index (χ2v) is 11.9. The van der Waals surface area contributed by atoms with E-state index in [-0.39, 0.29) is 54.3 Å². The van der Waals surface area contributed by atoms with E-state index in [0.29, 0.717) is 30.6 Å². The number of H-pyrrole nitrogens is 1. The third kappa shape index (κ3) is 10.6. The van der Waals surface area contributed by atoms with Crippen LogP contribution in [0.2, 0.25) is 0 Å². The number of carboxylic acid groups (broad SMARTS) is 1. The van der Waals surface area contributed by atoms with Gasteiger partial charge >= 0.3 is 35.6 Å². The normalized spacial score (nSPS) is 15.3. The van der Waals surface area contributed by atoms with E-state index in [2.05, 4.69) is 20.9 Å². The fraction of sp³-hybridized carbons (Fsp3) is 0.455. The van der Waals surface area contributed by atoms with Crippen LogP contribution in [-0.4, -0.2) is 64.9 Å². The Hall–Kier alpha value is -3.41. The number of nitrogens with one attached hydrogen (secondary N) is 4.